The molecule has 3 rings (SSSR count). The molecular weight excluding hydrogens is 272 g/mol. The van der Waals surface area contributed by atoms with Gasteiger partial charge in [-0.1, -0.05) is 30.7 Å². The van der Waals surface area contributed by atoms with Crippen LogP contribution in [-0.2, 0) is 9.53 Å². The maximum Gasteiger partial charge on any atom is 0.139 e. The normalized spacial score (nSPS) is 47.7. The van der Waals surface area contributed by atoms with Crippen molar-refractivity contribution in [2.75, 3.05) is 0 Å². The lowest BCUT2D eigenvalue weighted by atomic mass is 9.69. The van der Waals surface area contributed by atoms with Crippen LogP contribution in [0.3, 0.4) is 0 Å². The zero-order valence-electron chi connectivity index (χ0n) is 14.6. The SMILES string of the molecule is C=C(C)C1CC(=O)C2(C)CC3OC3(C)CC/C=C(/C)CCC12. The predicted molar refractivity (Wildman–Crippen MR) is 89.6 cm³/mol. The molecule has 0 radical (unpaired) electrons. The molecule has 0 aromatic carbocycles. The van der Waals surface area contributed by atoms with Crippen LogP contribution in [0.5, 0.6) is 0 Å². The summed E-state index contributed by atoms with van der Waals surface area (Å²) in [5.41, 5.74) is 2.41. The lowest BCUT2D eigenvalue weighted by Crippen LogP contribution is -2.33. The molecule has 2 heteroatoms. The average molecular weight is 302 g/mol. The van der Waals surface area contributed by atoms with Gasteiger partial charge >= 0.3 is 0 Å². The Balaban J connectivity index is 1.92. The lowest BCUT2D eigenvalue weighted by molar-refractivity contribution is -0.127. The smallest absolute Gasteiger partial charge is 0.139 e. The number of hydrogen-bond donors (Lipinski definition) is 0. The first-order valence-electron chi connectivity index (χ1n) is 8.78. The van der Waals surface area contributed by atoms with Crippen molar-refractivity contribution in [1.82, 2.24) is 0 Å². The van der Waals surface area contributed by atoms with Gasteiger partial charge in [0.05, 0.1) is 11.7 Å². The molecule has 0 aromatic rings. The van der Waals surface area contributed by atoms with Crippen molar-refractivity contribution in [3.05, 3.63) is 23.8 Å². The van der Waals surface area contributed by atoms with Crippen molar-refractivity contribution in [3.8, 4) is 0 Å². The zero-order valence-corrected chi connectivity index (χ0v) is 14.6. The first-order chi connectivity index (χ1) is 10.3. The van der Waals surface area contributed by atoms with E-state index >= 15 is 0 Å². The van der Waals surface area contributed by atoms with E-state index in [0.29, 0.717) is 24.0 Å². The fourth-order valence-corrected chi connectivity index (χ4v) is 4.77. The number of hydrogen-bond acceptors (Lipinski definition) is 2. The molecule has 0 amide bonds. The fraction of sp³-hybridized carbons (Fsp3) is 0.750. The second-order valence-electron chi connectivity index (χ2n) is 8.36. The van der Waals surface area contributed by atoms with Gasteiger partial charge in [0.15, 0.2) is 0 Å². The van der Waals surface area contributed by atoms with E-state index in [9.17, 15) is 4.79 Å². The Morgan fingerprint density at radius 2 is 2.14 bits per heavy atom. The minimum atomic E-state index is -0.226. The van der Waals surface area contributed by atoms with E-state index in [1.54, 1.807) is 0 Å². The number of epoxide rings is 1. The van der Waals surface area contributed by atoms with Crippen LogP contribution in [0.15, 0.2) is 23.8 Å². The molecule has 1 aliphatic heterocycles. The van der Waals surface area contributed by atoms with E-state index in [2.05, 4.69) is 40.3 Å². The second kappa shape index (κ2) is 5.33. The zero-order chi connectivity index (χ0) is 16.1. The maximum atomic E-state index is 12.8. The van der Waals surface area contributed by atoms with Crippen LogP contribution in [0, 0.1) is 17.3 Å². The molecule has 0 spiro atoms. The van der Waals surface area contributed by atoms with Crippen LogP contribution >= 0.6 is 0 Å². The summed E-state index contributed by atoms with van der Waals surface area (Å²) in [6.45, 7) is 12.9. The molecule has 1 saturated heterocycles. The molecular formula is C20H30O2. The number of carbonyl (C=O) groups is 1. The van der Waals surface area contributed by atoms with Gasteiger partial charge in [0.25, 0.3) is 0 Å². The van der Waals surface area contributed by atoms with Gasteiger partial charge in [-0.3, -0.25) is 4.79 Å². The summed E-state index contributed by atoms with van der Waals surface area (Å²) in [5.74, 6) is 1.22. The standard InChI is InChI=1S/C20H30O2/c1-13(2)15-11-17(21)19(4)12-18-20(5,22-18)10-6-7-14(3)8-9-16(15)19/h7,15-16,18H,1,6,8-12H2,2-5H3/b14-7-. The van der Waals surface area contributed by atoms with Crippen molar-refractivity contribution in [3.63, 3.8) is 0 Å². The van der Waals surface area contributed by atoms with E-state index in [1.807, 2.05) is 0 Å². The number of carbonyl (C=O) groups excluding carboxylic acids is 1. The number of rotatable bonds is 1. The Labute approximate surface area is 135 Å². The highest BCUT2D eigenvalue weighted by molar-refractivity contribution is 5.88. The molecule has 1 saturated carbocycles. The molecule has 2 aliphatic carbocycles. The minimum Gasteiger partial charge on any atom is -0.366 e. The molecule has 122 valence electrons. The van der Waals surface area contributed by atoms with Gasteiger partial charge in [0.2, 0.25) is 0 Å². The number of ether oxygens (including phenoxy) is 1. The third-order valence-electron chi connectivity index (χ3n) is 6.61. The molecule has 1 heterocycles. The van der Waals surface area contributed by atoms with Gasteiger partial charge in [-0.15, -0.1) is 0 Å². The van der Waals surface area contributed by atoms with Gasteiger partial charge < -0.3 is 4.74 Å². The third kappa shape index (κ3) is 2.60. The summed E-state index contributed by atoms with van der Waals surface area (Å²) in [5, 5.41) is 0. The fourth-order valence-electron chi connectivity index (χ4n) is 4.77. The summed E-state index contributed by atoms with van der Waals surface area (Å²) >= 11 is 0. The van der Waals surface area contributed by atoms with Crippen LogP contribution in [0.2, 0.25) is 0 Å². The molecule has 0 bridgehead atoms. The van der Waals surface area contributed by atoms with Gasteiger partial charge in [0.1, 0.15) is 5.78 Å². The average Bonchev–Trinajstić information content (AvgIpc) is 2.97. The van der Waals surface area contributed by atoms with E-state index < -0.39 is 0 Å². The first kappa shape index (κ1) is 16.0. The van der Waals surface area contributed by atoms with Gasteiger partial charge in [-0.25, -0.2) is 0 Å². The molecule has 3 aliphatic rings. The van der Waals surface area contributed by atoms with E-state index in [-0.39, 0.29) is 17.1 Å². The van der Waals surface area contributed by atoms with Crippen molar-refractivity contribution in [2.45, 2.75) is 77.9 Å². The quantitative estimate of drug-likeness (QED) is 0.512. The highest BCUT2D eigenvalue weighted by Gasteiger charge is 2.59. The van der Waals surface area contributed by atoms with Crippen molar-refractivity contribution in [2.24, 2.45) is 17.3 Å². The second-order valence-corrected chi connectivity index (χ2v) is 8.36. The van der Waals surface area contributed by atoms with Crippen molar-refractivity contribution in [1.29, 1.82) is 0 Å². The topological polar surface area (TPSA) is 29.6 Å². The third-order valence-corrected chi connectivity index (χ3v) is 6.61. The Morgan fingerprint density at radius 3 is 2.82 bits per heavy atom. The number of ketones is 1. The van der Waals surface area contributed by atoms with Crippen molar-refractivity contribution < 1.29 is 9.53 Å². The summed E-state index contributed by atoms with van der Waals surface area (Å²) in [6.07, 6.45) is 8.61. The minimum absolute atomic E-state index is 0.00370. The molecule has 2 nitrogen and oxygen atoms in total. The van der Waals surface area contributed by atoms with Crippen LogP contribution in [0.25, 0.3) is 0 Å². The summed E-state index contributed by atoms with van der Waals surface area (Å²) in [4.78, 5) is 12.8. The van der Waals surface area contributed by atoms with Gasteiger partial charge in [-0.2, -0.15) is 0 Å². The largest absolute Gasteiger partial charge is 0.366 e. The molecule has 5 unspecified atom stereocenters. The van der Waals surface area contributed by atoms with E-state index in [0.717, 1.165) is 32.1 Å². The molecule has 5 atom stereocenters. The predicted octanol–water partition coefficient (Wildman–Crippen LogP) is 4.84. The summed E-state index contributed by atoms with van der Waals surface area (Å²) in [6, 6.07) is 0. The monoisotopic (exact) mass is 302 g/mol. The lowest BCUT2D eigenvalue weighted by Gasteiger charge is -2.33. The summed E-state index contributed by atoms with van der Waals surface area (Å²) < 4.78 is 6.03. The Bertz CT molecular complexity index is 532. The Hall–Kier alpha value is -0.890. The van der Waals surface area contributed by atoms with Crippen LogP contribution in [0.4, 0.5) is 0 Å². The molecule has 2 fully saturated rings. The molecule has 0 aromatic heterocycles. The number of allylic oxidation sites excluding steroid dienone is 3. The van der Waals surface area contributed by atoms with Crippen LogP contribution < -0.4 is 0 Å². The number of fused-ring (bicyclic) bond motifs is 2. The molecule has 0 N–H and O–H groups in total. The van der Waals surface area contributed by atoms with Gasteiger partial charge in [0, 0.05) is 11.8 Å². The van der Waals surface area contributed by atoms with Crippen LogP contribution in [0.1, 0.15) is 66.2 Å². The van der Waals surface area contributed by atoms with E-state index in [1.165, 1.54) is 11.1 Å². The highest BCUT2D eigenvalue weighted by atomic mass is 16.6. The first-order valence-corrected chi connectivity index (χ1v) is 8.78. The van der Waals surface area contributed by atoms with Gasteiger partial charge in [-0.05, 0) is 64.7 Å². The number of Topliss-reactive ketones (excluding diaryl/α,β-unsaturated/α-hetero) is 1. The maximum absolute atomic E-state index is 12.8. The van der Waals surface area contributed by atoms with Crippen molar-refractivity contribution >= 4 is 5.78 Å². The molecule has 22 heavy (non-hydrogen) atoms. The highest BCUT2D eigenvalue weighted by Crippen LogP contribution is 2.56. The Kier molecular flexibility index (Phi) is 3.87. The van der Waals surface area contributed by atoms with Crippen LogP contribution in [-0.4, -0.2) is 17.5 Å². The Morgan fingerprint density at radius 1 is 1.41 bits per heavy atom. The summed E-state index contributed by atoms with van der Waals surface area (Å²) in [7, 11) is 0. The van der Waals surface area contributed by atoms with E-state index in [4.69, 9.17) is 4.74 Å².